The molecule has 0 heterocycles. The van der Waals surface area contributed by atoms with Crippen molar-refractivity contribution >= 4 is 17.6 Å². The lowest BCUT2D eigenvalue weighted by Crippen LogP contribution is -2.32. The first-order chi connectivity index (χ1) is 7.58. The fraction of sp³-hybridized carbons (Fsp3) is 0.364. The molecule has 0 radical (unpaired) electrons. The molecule has 5 heteroatoms. The highest BCUT2D eigenvalue weighted by molar-refractivity contribution is 6.30. The highest BCUT2D eigenvalue weighted by Crippen LogP contribution is 2.16. The molecule has 0 fully saturated rings. The number of rotatable bonds is 6. The Kier molecular flexibility index (Phi) is 5.08. The van der Waals surface area contributed by atoms with Gasteiger partial charge in [0, 0.05) is 11.6 Å². The minimum absolute atomic E-state index is 0.0612. The van der Waals surface area contributed by atoms with Crippen molar-refractivity contribution in [2.45, 2.75) is 13.0 Å². The van der Waals surface area contributed by atoms with E-state index in [9.17, 15) is 4.79 Å². The fourth-order valence-electron chi connectivity index (χ4n) is 1.17. The summed E-state index contributed by atoms with van der Waals surface area (Å²) in [5, 5.41) is 11.9. The van der Waals surface area contributed by atoms with E-state index in [1.165, 1.54) is 0 Å². The van der Waals surface area contributed by atoms with E-state index in [-0.39, 0.29) is 12.6 Å². The molecule has 1 aromatic carbocycles. The number of aliphatic carboxylic acids is 1. The van der Waals surface area contributed by atoms with Crippen molar-refractivity contribution in [1.82, 2.24) is 5.32 Å². The van der Waals surface area contributed by atoms with Gasteiger partial charge in [0.05, 0.1) is 6.54 Å². The van der Waals surface area contributed by atoms with Crippen molar-refractivity contribution in [2.75, 3.05) is 13.1 Å². The summed E-state index contributed by atoms with van der Waals surface area (Å²) in [5.74, 6) is -0.160. The third kappa shape index (κ3) is 5.00. The molecule has 0 aromatic heterocycles. The van der Waals surface area contributed by atoms with Crippen molar-refractivity contribution in [1.29, 1.82) is 0 Å². The fourth-order valence-corrected chi connectivity index (χ4v) is 1.30. The van der Waals surface area contributed by atoms with Gasteiger partial charge in [0.2, 0.25) is 0 Å². The molecule has 0 spiro atoms. The van der Waals surface area contributed by atoms with Crippen LogP contribution in [0.15, 0.2) is 24.3 Å². The summed E-state index contributed by atoms with van der Waals surface area (Å²) in [7, 11) is 0. The molecule has 0 saturated heterocycles. The predicted octanol–water partition coefficient (Wildman–Crippen LogP) is 1.78. The van der Waals surface area contributed by atoms with Crippen molar-refractivity contribution in [2.24, 2.45) is 0 Å². The molecule has 0 bridgehead atoms. The van der Waals surface area contributed by atoms with Crippen molar-refractivity contribution < 1.29 is 14.6 Å². The SMILES string of the molecule is C[C@@H](CNCC(=O)O)Oc1ccc(Cl)cc1. The summed E-state index contributed by atoms with van der Waals surface area (Å²) in [4.78, 5) is 10.3. The number of carboxylic acids is 1. The molecule has 1 rings (SSSR count). The van der Waals surface area contributed by atoms with E-state index in [4.69, 9.17) is 21.4 Å². The van der Waals surface area contributed by atoms with Crippen LogP contribution < -0.4 is 10.1 Å². The molecule has 0 aliphatic rings. The summed E-state index contributed by atoms with van der Waals surface area (Å²) in [5.41, 5.74) is 0. The zero-order valence-electron chi connectivity index (χ0n) is 8.94. The lowest BCUT2D eigenvalue weighted by Gasteiger charge is -2.14. The van der Waals surface area contributed by atoms with Gasteiger partial charge in [-0.15, -0.1) is 0 Å². The predicted molar refractivity (Wildman–Crippen MR) is 62.0 cm³/mol. The molecule has 16 heavy (non-hydrogen) atoms. The summed E-state index contributed by atoms with van der Waals surface area (Å²) >= 11 is 5.73. The molecular weight excluding hydrogens is 230 g/mol. The van der Waals surface area contributed by atoms with Gasteiger partial charge in [0.15, 0.2) is 0 Å². The van der Waals surface area contributed by atoms with Crippen LogP contribution in [0.4, 0.5) is 0 Å². The number of halogens is 1. The van der Waals surface area contributed by atoms with Gasteiger partial charge in [-0.1, -0.05) is 11.6 Å². The highest BCUT2D eigenvalue weighted by Gasteiger charge is 2.04. The van der Waals surface area contributed by atoms with Crippen LogP contribution in [0.2, 0.25) is 5.02 Å². The number of carbonyl (C=O) groups is 1. The Morgan fingerprint density at radius 1 is 1.50 bits per heavy atom. The lowest BCUT2D eigenvalue weighted by atomic mass is 10.3. The smallest absolute Gasteiger partial charge is 0.317 e. The molecule has 0 amide bonds. The maximum absolute atomic E-state index is 10.3. The molecular formula is C11H14ClNO3. The van der Waals surface area contributed by atoms with Gasteiger partial charge in [-0.2, -0.15) is 0 Å². The van der Waals surface area contributed by atoms with Crippen LogP contribution in [0.5, 0.6) is 5.75 Å². The molecule has 0 unspecified atom stereocenters. The Labute approximate surface area is 99.2 Å². The second-order valence-electron chi connectivity index (χ2n) is 3.41. The standard InChI is InChI=1S/C11H14ClNO3/c1-8(6-13-7-11(14)15)16-10-4-2-9(12)3-5-10/h2-5,8,13H,6-7H2,1H3,(H,14,15)/t8-/m0/s1. The number of ether oxygens (including phenoxy) is 1. The Bertz CT molecular complexity index is 340. The maximum Gasteiger partial charge on any atom is 0.317 e. The average Bonchev–Trinajstić information content (AvgIpc) is 2.21. The van der Waals surface area contributed by atoms with Gasteiger partial charge in [-0.25, -0.2) is 0 Å². The zero-order valence-corrected chi connectivity index (χ0v) is 9.70. The van der Waals surface area contributed by atoms with Crippen molar-refractivity contribution in [3.05, 3.63) is 29.3 Å². The largest absolute Gasteiger partial charge is 0.489 e. The number of hydrogen-bond donors (Lipinski definition) is 2. The Hall–Kier alpha value is -1.26. The van der Waals surface area contributed by atoms with Crippen molar-refractivity contribution in [3.8, 4) is 5.75 Å². The first-order valence-electron chi connectivity index (χ1n) is 4.92. The average molecular weight is 244 g/mol. The highest BCUT2D eigenvalue weighted by atomic mass is 35.5. The van der Waals surface area contributed by atoms with E-state index in [2.05, 4.69) is 5.32 Å². The summed E-state index contributed by atoms with van der Waals surface area (Å²) in [6.07, 6.45) is -0.0967. The molecule has 2 N–H and O–H groups in total. The summed E-state index contributed by atoms with van der Waals surface area (Å²) in [6, 6.07) is 7.04. The number of nitrogens with one attached hydrogen (secondary N) is 1. The first-order valence-corrected chi connectivity index (χ1v) is 5.30. The maximum atomic E-state index is 10.3. The van der Waals surface area contributed by atoms with Gasteiger partial charge < -0.3 is 15.2 Å². The van der Waals surface area contributed by atoms with E-state index in [0.29, 0.717) is 17.3 Å². The molecule has 88 valence electrons. The zero-order chi connectivity index (χ0) is 12.0. The van der Waals surface area contributed by atoms with Crippen LogP contribution >= 0.6 is 11.6 Å². The first kappa shape index (κ1) is 12.8. The molecule has 1 aromatic rings. The van der Waals surface area contributed by atoms with Gasteiger partial charge in [0.1, 0.15) is 11.9 Å². The van der Waals surface area contributed by atoms with Crippen LogP contribution in [0.3, 0.4) is 0 Å². The quantitative estimate of drug-likeness (QED) is 0.800. The second-order valence-corrected chi connectivity index (χ2v) is 3.84. The van der Waals surface area contributed by atoms with E-state index < -0.39 is 5.97 Å². The normalized spacial score (nSPS) is 12.1. The molecule has 4 nitrogen and oxygen atoms in total. The Morgan fingerprint density at radius 2 is 2.12 bits per heavy atom. The lowest BCUT2D eigenvalue weighted by molar-refractivity contribution is -0.136. The minimum Gasteiger partial charge on any atom is -0.489 e. The molecule has 1 atom stereocenters. The van der Waals surface area contributed by atoms with Crippen LogP contribution in [-0.2, 0) is 4.79 Å². The van der Waals surface area contributed by atoms with E-state index in [1.807, 2.05) is 6.92 Å². The van der Waals surface area contributed by atoms with Crippen LogP contribution in [0, 0.1) is 0 Å². The van der Waals surface area contributed by atoms with Gasteiger partial charge in [0.25, 0.3) is 0 Å². The summed E-state index contributed by atoms with van der Waals surface area (Å²) in [6.45, 7) is 2.28. The third-order valence-electron chi connectivity index (χ3n) is 1.86. The number of benzene rings is 1. The van der Waals surface area contributed by atoms with Gasteiger partial charge in [-0.05, 0) is 31.2 Å². The summed E-state index contributed by atoms with van der Waals surface area (Å²) < 4.78 is 5.54. The number of carboxylic acid groups (broad SMARTS) is 1. The second kappa shape index (κ2) is 6.35. The van der Waals surface area contributed by atoms with E-state index in [1.54, 1.807) is 24.3 Å². The molecule has 0 aliphatic carbocycles. The van der Waals surface area contributed by atoms with Crippen LogP contribution in [0.1, 0.15) is 6.92 Å². The Balaban J connectivity index is 2.31. The number of hydrogen-bond acceptors (Lipinski definition) is 3. The van der Waals surface area contributed by atoms with Crippen molar-refractivity contribution in [3.63, 3.8) is 0 Å². The third-order valence-corrected chi connectivity index (χ3v) is 2.11. The molecule has 0 aliphatic heterocycles. The minimum atomic E-state index is -0.876. The monoisotopic (exact) mass is 243 g/mol. The topological polar surface area (TPSA) is 58.6 Å². The van der Waals surface area contributed by atoms with Crippen LogP contribution in [-0.4, -0.2) is 30.3 Å². The van der Waals surface area contributed by atoms with E-state index in [0.717, 1.165) is 0 Å². The van der Waals surface area contributed by atoms with Gasteiger partial charge >= 0.3 is 5.97 Å². The van der Waals surface area contributed by atoms with E-state index >= 15 is 0 Å². The van der Waals surface area contributed by atoms with Gasteiger partial charge in [-0.3, -0.25) is 4.79 Å². The van der Waals surface area contributed by atoms with Crippen LogP contribution in [0.25, 0.3) is 0 Å². The molecule has 0 saturated carbocycles. The Morgan fingerprint density at radius 3 is 2.69 bits per heavy atom.